The Labute approximate surface area is 147 Å². The third-order valence-corrected chi connectivity index (χ3v) is 4.08. The molecule has 0 radical (unpaired) electrons. The molecule has 0 amide bonds. The van der Waals surface area contributed by atoms with E-state index in [0.717, 1.165) is 34.6 Å². The monoisotopic (exact) mass is 461 g/mol. The molecule has 2 aromatic rings. The lowest BCUT2D eigenvalue weighted by molar-refractivity contribution is 0.199. The summed E-state index contributed by atoms with van der Waals surface area (Å²) < 4.78 is 13.2. The number of methoxy groups -OCH3 is 1. The van der Waals surface area contributed by atoms with Crippen LogP contribution in [0, 0.1) is 3.57 Å². The highest BCUT2D eigenvalue weighted by Gasteiger charge is 2.06. The molecule has 0 aliphatic rings. The molecule has 0 unspecified atom stereocenters. The zero-order valence-corrected chi connectivity index (χ0v) is 15.5. The summed E-state index contributed by atoms with van der Waals surface area (Å²) in [6.07, 6.45) is 0. The van der Waals surface area contributed by atoms with Gasteiger partial charge in [-0.15, -0.1) is 0 Å². The first-order valence-corrected chi connectivity index (χ1v) is 8.47. The van der Waals surface area contributed by atoms with E-state index in [9.17, 15) is 0 Å². The van der Waals surface area contributed by atoms with Crippen LogP contribution < -0.4 is 10.1 Å². The van der Waals surface area contributed by atoms with Crippen molar-refractivity contribution < 1.29 is 9.47 Å². The van der Waals surface area contributed by atoms with Gasteiger partial charge in [0.1, 0.15) is 11.5 Å². The van der Waals surface area contributed by atoms with Crippen LogP contribution in [0.15, 0.2) is 46.9 Å². The van der Waals surface area contributed by atoms with Crippen molar-refractivity contribution in [1.82, 2.24) is 5.32 Å². The number of hydrogen-bond donors (Lipinski definition) is 1. The van der Waals surface area contributed by atoms with E-state index < -0.39 is 0 Å². The maximum Gasteiger partial charge on any atom is 0.133 e. The summed E-state index contributed by atoms with van der Waals surface area (Å²) >= 11 is 5.77. The molecule has 0 aromatic heterocycles. The Kier molecular flexibility index (Phi) is 6.95. The average molecular weight is 462 g/mol. The number of hydrogen-bond acceptors (Lipinski definition) is 3. The van der Waals surface area contributed by atoms with Crippen LogP contribution in [0.1, 0.15) is 5.56 Å². The largest absolute Gasteiger partial charge is 0.457 e. The van der Waals surface area contributed by atoms with Crippen LogP contribution >= 0.6 is 38.5 Å². The van der Waals surface area contributed by atoms with Gasteiger partial charge in [-0.1, -0.05) is 22.0 Å². The van der Waals surface area contributed by atoms with Gasteiger partial charge in [-0.2, -0.15) is 0 Å². The zero-order valence-electron chi connectivity index (χ0n) is 11.7. The Hall–Kier alpha value is -0.630. The van der Waals surface area contributed by atoms with E-state index >= 15 is 0 Å². The van der Waals surface area contributed by atoms with Crippen molar-refractivity contribution in [2.45, 2.75) is 6.54 Å². The SMILES string of the molecule is COCCNCc1ccc(Br)cc1Oc1ccc(I)cc1. The van der Waals surface area contributed by atoms with Crippen LogP contribution in [-0.2, 0) is 11.3 Å². The summed E-state index contributed by atoms with van der Waals surface area (Å²) in [6, 6.07) is 14.1. The van der Waals surface area contributed by atoms with Gasteiger partial charge in [-0.25, -0.2) is 0 Å². The van der Waals surface area contributed by atoms with Crippen molar-refractivity contribution in [3.05, 3.63) is 56.1 Å². The highest BCUT2D eigenvalue weighted by molar-refractivity contribution is 14.1. The minimum atomic E-state index is 0.698. The van der Waals surface area contributed by atoms with E-state index in [1.807, 2.05) is 36.4 Å². The van der Waals surface area contributed by atoms with Crippen molar-refractivity contribution in [3.8, 4) is 11.5 Å². The maximum absolute atomic E-state index is 6.00. The van der Waals surface area contributed by atoms with Gasteiger partial charge in [0.2, 0.25) is 0 Å². The minimum absolute atomic E-state index is 0.698. The van der Waals surface area contributed by atoms with E-state index in [4.69, 9.17) is 9.47 Å². The Bertz CT molecular complexity index is 575. The van der Waals surface area contributed by atoms with Crippen LogP contribution in [0.2, 0.25) is 0 Å². The second kappa shape index (κ2) is 8.73. The molecule has 112 valence electrons. The minimum Gasteiger partial charge on any atom is -0.457 e. The molecule has 0 aliphatic carbocycles. The van der Waals surface area contributed by atoms with Crippen molar-refractivity contribution in [3.63, 3.8) is 0 Å². The van der Waals surface area contributed by atoms with E-state index in [0.29, 0.717) is 6.61 Å². The first-order chi connectivity index (χ1) is 10.2. The number of rotatable bonds is 7. The lowest BCUT2D eigenvalue weighted by atomic mass is 10.2. The van der Waals surface area contributed by atoms with Gasteiger partial charge < -0.3 is 14.8 Å². The summed E-state index contributed by atoms with van der Waals surface area (Å²) in [5.74, 6) is 1.70. The molecule has 0 fully saturated rings. The van der Waals surface area contributed by atoms with Crippen LogP contribution in [0.4, 0.5) is 0 Å². The molecule has 5 heteroatoms. The van der Waals surface area contributed by atoms with Crippen molar-refractivity contribution in [1.29, 1.82) is 0 Å². The lowest BCUT2D eigenvalue weighted by Gasteiger charge is -2.12. The number of nitrogens with one attached hydrogen (secondary N) is 1. The Balaban J connectivity index is 2.09. The standard InChI is InChI=1S/C16H17BrINO2/c1-20-9-8-19-11-12-2-3-13(17)10-16(12)21-15-6-4-14(18)5-7-15/h2-7,10,19H,8-9,11H2,1H3. The van der Waals surface area contributed by atoms with Crippen LogP contribution in [-0.4, -0.2) is 20.3 Å². The summed E-state index contributed by atoms with van der Waals surface area (Å²) in [6.45, 7) is 2.26. The predicted octanol–water partition coefficient (Wildman–Crippen LogP) is 4.58. The molecule has 21 heavy (non-hydrogen) atoms. The van der Waals surface area contributed by atoms with Crippen LogP contribution in [0.3, 0.4) is 0 Å². The summed E-state index contributed by atoms with van der Waals surface area (Å²) in [5.41, 5.74) is 1.12. The van der Waals surface area contributed by atoms with Crippen LogP contribution in [0.25, 0.3) is 0 Å². The normalized spacial score (nSPS) is 10.6. The Morgan fingerprint density at radius 3 is 2.62 bits per heavy atom. The number of halogens is 2. The third-order valence-electron chi connectivity index (χ3n) is 2.87. The van der Waals surface area contributed by atoms with E-state index in [1.54, 1.807) is 7.11 Å². The quantitative estimate of drug-likeness (QED) is 0.483. The molecule has 0 bridgehead atoms. The summed E-state index contributed by atoms with van der Waals surface area (Å²) in [4.78, 5) is 0. The van der Waals surface area contributed by atoms with Crippen LogP contribution in [0.5, 0.6) is 11.5 Å². The molecule has 0 aliphatic heterocycles. The molecular weight excluding hydrogens is 445 g/mol. The summed E-state index contributed by atoms with van der Waals surface area (Å²) in [7, 11) is 1.70. The topological polar surface area (TPSA) is 30.5 Å². The average Bonchev–Trinajstić information content (AvgIpc) is 2.48. The second-order valence-electron chi connectivity index (χ2n) is 4.48. The fourth-order valence-electron chi connectivity index (χ4n) is 1.80. The van der Waals surface area contributed by atoms with Gasteiger partial charge in [0.05, 0.1) is 6.61 Å². The Morgan fingerprint density at radius 1 is 1.14 bits per heavy atom. The highest BCUT2D eigenvalue weighted by atomic mass is 127. The number of benzene rings is 2. The third kappa shape index (κ3) is 5.58. The van der Waals surface area contributed by atoms with Gasteiger partial charge in [-0.3, -0.25) is 0 Å². The smallest absolute Gasteiger partial charge is 0.133 e. The van der Waals surface area contributed by atoms with Crippen molar-refractivity contribution >= 4 is 38.5 Å². The number of ether oxygens (including phenoxy) is 2. The van der Waals surface area contributed by atoms with Gasteiger partial charge in [0.15, 0.2) is 0 Å². The maximum atomic E-state index is 6.00. The van der Waals surface area contributed by atoms with Gasteiger partial charge >= 0.3 is 0 Å². The predicted molar refractivity (Wildman–Crippen MR) is 97.0 cm³/mol. The second-order valence-corrected chi connectivity index (χ2v) is 6.64. The van der Waals surface area contributed by atoms with E-state index in [1.165, 1.54) is 3.57 Å². The molecule has 0 saturated carbocycles. The fourth-order valence-corrected chi connectivity index (χ4v) is 2.50. The molecule has 0 atom stereocenters. The van der Waals surface area contributed by atoms with Gasteiger partial charge in [0, 0.05) is 33.8 Å². The molecule has 2 rings (SSSR count). The van der Waals surface area contributed by atoms with Gasteiger partial charge in [-0.05, 0) is 59.0 Å². The summed E-state index contributed by atoms with van der Waals surface area (Å²) in [5, 5.41) is 3.34. The fraction of sp³-hybridized carbons (Fsp3) is 0.250. The molecular formula is C16H17BrINO2. The van der Waals surface area contributed by atoms with E-state index in [2.05, 4.69) is 49.9 Å². The molecule has 0 heterocycles. The Morgan fingerprint density at radius 2 is 1.90 bits per heavy atom. The lowest BCUT2D eigenvalue weighted by Crippen LogP contribution is -2.18. The van der Waals surface area contributed by atoms with Crippen molar-refractivity contribution in [2.24, 2.45) is 0 Å². The van der Waals surface area contributed by atoms with Gasteiger partial charge in [0.25, 0.3) is 0 Å². The van der Waals surface area contributed by atoms with Crippen molar-refractivity contribution in [2.75, 3.05) is 20.3 Å². The van der Waals surface area contributed by atoms with E-state index in [-0.39, 0.29) is 0 Å². The zero-order chi connectivity index (χ0) is 15.1. The molecule has 1 N–H and O–H groups in total. The first-order valence-electron chi connectivity index (χ1n) is 6.60. The molecule has 0 spiro atoms. The molecule has 3 nitrogen and oxygen atoms in total. The highest BCUT2D eigenvalue weighted by Crippen LogP contribution is 2.29. The molecule has 2 aromatic carbocycles. The first kappa shape index (κ1) is 16.7. The molecule has 0 saturated heterocycles.